The van der Waals surface area contributed by atoms with Gasteiger partial charge in [0, 0.05) is 62.1 Å². The lowest BCUT2D eigenvalue weighted by atomic mass is 10.1. The molecule has 12 heteroatoms. The third-order valence-corrected chi connectivity index (χ3v) is 6.62. The van der Waals surface area contributed by atoms with E-state index in [2.05, 4.69) is 15.3 Å². The Balaban J connectivity index is 1.78. The number of rotatable bonds is 10. The molecule has 2 aromatic heterocycles. The molecule has 0 fully saturated rings. The molecule has 0 saturated heterocycles. The van der Waals surface area contributed by atoms with Gasteiger partial charge in [0.05, 0.1) is 27.4 Å². The van der Waals surface area contributed by atoms with Gasteiger partial charge in [0.2, 0.25) is 5.95 Å². The van der Waals surface area contributed by atoms with Crippen LogP contribution in [-0.4, -0.2) is 70.7 Å². The number of aryl methyl sites for hydroxylation is 1. The van der Waals surface area contributed by atoms with Gasteiger partial charge in [-0.15, -0.1) is 0 Å². The molecular weight excluding hydrogens is 534 g/mol. The van der Waals surface area contributed by atoms with Crippen molar-refractivity contribution in [3.63, 3.8) is 0 Å². The second-order valence-corrected chi connectivity index (χ2v) is 10.4. The maximum Gasteiger partial charge on any atom is 0.342 e. The van der Waals surface area contributed by atoms with Crippen molar-refractivity contribution in [2.45, 2.75) is 20.0 Å². The number of nitrogens with zero attached hydrogens (tertiary/aromatic N) is 6. The topological polar surface area (TPSA) is 119 Å². The van der Waals surface area contributed by atoms with Crippen LogP contribution < -0.4 is 10.2 Å². The number of halogens is 1. The highest BCUT2D eigenvalue weighted by Gasteiger charge is 2.24. The summed E-state index contributed by atoms with van der Waals surface area (Å²) >= 11 is 6.58. The van der Waals surface area contributed by atoms with Crippen molar-refractivity contribution >= 4 is 51.5 Å². The molecule has 0 saturated carbocycles. The molecule has 11 nitrogen and oxygen atoms in total. The zero-order valence-corrected chi connectivity index (χ0v) is 24.1. The molecule has 0 aliphatic rings. The molecule has 0 unspecified atom stereocenters. The molecule has 40 heavy (non-hydrogen) atoms. The van der Waals surface area contributed by atoms with Crippen LogP contribution in [0.4, 0.5) is 23.0 Å². The van der Waals surface area contributed by atoms with Gasteiger partial charge in [0.15, 0.2) is 0 Å². The summed E-state index contributed by atoms with van der Waals surface area (Å²) in [5.41, 5.74) is 2.79. The monoisotopic (exact) mass is 565 g/mol. The number of para-hydroxylation sites is 1. The van der Waals surface area contributed by atoms with Crippen molar-refractivity contribution in [3.8, 4) is 11.3 Å². The third-order valence-electron chi connectivity index (χ3n) is 6.30. The van der Waals surface area contributed by atoms with Gasteiger partial charge < -0.3 is 24.4 Å². The molecule has 1 N–H and O–H groups in total. The Kier molecular flexibility index (Phi) is 8.55. The molecule has 0 aliphatic carbocycles. The molecule has 4 rings (SSSR count). The fraction of sp³-hybridized carbons (Fsp3) is 0.321. The molecular formula is C28H32ClN7O4. The summed E-state index contributed by atoms with van der Waals surface area (Å²) in [7, 11) is 7.56. The Bertz CT molecular complexity index is 1570. The number of nitro groups is 1. The van der Waals surface area contributed by atoms with Gasteiger partial charge in [0.1, 0.15) is 11.3 Å². The number of aromatic nitrogens is 3. The van der Waals surface area contributed by atoms with Crippen molar-refractivity contribution in [3.05, 3.63) is 69.5 Å². The molecule has 2 aromatic carbocycles. The van der Waals surface area contributed by atoms with E-state index in [0.29, 0.717) is 30.0 Å². The number of esters is 1. The van der Waals surface area contributed by atoms with Crippen LogP contribution in [0.25, 0.3) is 22.2 Å². The minimum atomic E-state index is -0.553. The minimum absolute atomic E-state index is 0.112. The standard InChI is InChI=1S/C28H32ClN7O4/c1-17(2)40-27(37)19-15-30-28(32-26(19)20-16-35(6)23-10-8-7-9-18(20)23)31-22-14-25(36(38)39)24(13-21(22)29)34(5)12-11-33(3)4/h7-10,13-17H,11-12H2,1-6H3,(H,30,31,32). The predicted molar refractivity (Wildman–Crippen MR) is 158 cm³/mol. The van der Waals surface area contributed by atoms with Crippen molar-refractivity contribution in [1.82, 2.24) is 19.4 Å². The number of ether oxygens (including phenoxy) is 1. The first-order valence-electron chi connectivity index (χ1n) is 12.7. The molecule has 0 radical (unpaired) electrons. The fourth-order valence-corrected chi connectivity index (χ4v) is 4.50. The smallest absolute Gasteiger partial charge is 0.342 e. The first-order chi connectivity index (χ1) is 19.0. The van der Waals surface area contributed by atoms with E-state index in [0.717, 1.165) is 10.9 Å². The Labute approximate surface area is 237 Å². The number of benzene rings is 2. The van der Waals surface area contributed by atoms with Gasteiger partial charge in [-0.05, 0) is 40.1 Å². The molecule has 0 spiro atoms. The summed E-state index contributed by atoms with van der Waals surface area (Å²) in [5, 5.41) is 16.1. The largest absolute Gasteiger partial charge is 0.459 e. The van der Waals surface area contributed by atoms with Gasteiger partial charge in [0.25, 0.3) is 5.69 Å². The maximum absolute atomic E-state index is 13.0. The van der Waals surface area contributed by atoms with Crippen molar-refractivity contribution < 1.29 is 14.5 Å². The number of nitrogens with one attached hydrogen (secondary N) is 1. The van der Waals surface area contributed by atoms with Gasteiger partial charge in [-0.25, -0.2) is 14.8 Å². The van der Waals surface area contributed by atoms with E-state index in [1.807, 2.05) is 61.1 Å². The molecule has 210 valence electrons. The van der Waals surface area contributed by atoms with Gasteiger partial charge in [-0.1, -0.05) is 29.8 Å². The maximum atomic E-state index is 13.0. The van der Waals surface area contributed by atoms with Crippen LogP contribution in [0.2, 0.25) is 5.02 Å². The van der Waals surface area contributed by atoms with E-state index in [-0.39, 0.29) is 34.0 Å². The van der Waals surface area contributed by atoms with Crippen molar-refractivity contribution in [2.24, 2.45) is 7.05 Å². The van der Waals surface area contributed by atoms with Crippen LogP contribution in [-0.2, 0) is 11.8 Å². The quantitative estimate of drug-likeness (QED) is 0.151. The summed E-state index contributed by atoms with van der Waals surface area (Å²) < 4.78 is 7.40. The van der Waals surface area contributed by atoms with Crippen LogP contribution in [0.5, 0.6) is 0 Å². The molecule has 0 bridgehead atoms. The Morgan fingerprint density at radius 2 is 1.93 bits per heavy atom. The SMILES string of the molecule is CC(C)OC(=O)c1cnc(Nc2cc([N+](=O)[O-])c(N(C)CCN(C)C)cc2Cl)nc1-c1cn(C)c2ccccc12. The number of carbonyl (C=O) groups excluding carboxylic acids is 1. The molecule has 4 aromatic rings. The normalized spacial score (nSPS) is 11.3. The fourth-order valence-electron chi connectivity index (χ4n) is 4.29. The van der Waals surface area contributed by atoms with Crippen LogP contribution in [0.3, 0.4) is 0 Å². The Hall–Kier alpha value is -4.22. The highest BCUT2D eigenvalue weighted by atomic mass is 35.5. The first-order valence-corrected chi connectivity index (χ1v) is 13.1. The highest BCUT2D eigenvalue weighted by molar-refractivity contribution is 6.33. The van der Waals surface area contributed by atoms with Gasteiger partial charge >= 0.3 is 5.97 Å². The summed E-state index contributed by atoms with van der Waals surface area (Å²) in [6.07, 6.45) is 2.95. The number of likely N-dealkylation sites (N-methyl/N-ethyl adjacent to an activating group) is 2. The lowest BCUT2D eigenvalue weighted by Gasteiger charge is -2.22. The highest BCUT2D eigenvalue weighted by Crippen LogP contribution is 2.38. The minimum Gasteiger partial charge on any atom is -0.459 e. The Morgan fingerprint density at radius 3 is 2.60 bits per heavy atom. The summed E-state index contributed by atoms with van der Waals surface area (Å²) in [6, 6.07) is 10.7. The van der Waals surface area contributed by atoms with Crippen LogP contribution in [0, 0.1) is 10.1 Å². The van der Waals surface area contributed by atoms with E-state index in [1.165, 1.54) is 12.3 Å². The van der Waals surface area contributed by atoms with Gasteiger partial charge in [-0.2, -0.15) is 0 Å². The van der Waals surface area contributed by atoms with Crippen LogP contribution >= 0.6 is 11.6 Å². The molecule has 0 amide bonds. The summed E-state index contributed by atoms with van der Waals surface area (Å²) in [5.74, 6) is -0.433. The number of hydrogen-bond acceptors (Lipinski definition) is 9. The first kappa shape index (κ1) is 28.8. The van der Waals surface area contributed by atoms with Crippen LogP contribution in [0.1, 0.15) is 24.2 Å². The lowest BCUT2D eigenvalue weighted by molar-refractivity contribution is -0.384. The van der Waals surface area contributed by atoms with E-state index in [1.54, 1.807) is 31.9 Å². The number of nitro benzene ring substituents is 1. The number of fused-ring (bicyclic) bond motifs is 1. The number of hydrogen-bond donors (Lipinski definition) is 1. The predicted octanol–water partition coefficient (Wildman–Crippen LogP) is 5.50. The van der Waals surface area contributed by atoms with E-state index in [4.69, 9.17) is 16.3 Å². The average Bonchev–Trinajstić information content (AvgIpc) is 3.24. The average molecular weight is 566 g/mol. The van der Waals surface area contributed by atoms with Gasteiger partial charge in [-0.3, -0.25) is 10.1 Å². The van der Waals surface area contributed by atoms with E-state index in [9.17, 15) is 14.9 Å². The summed E-state index contributed by atoms with van der Waals surface area (Å²) in [6.45, 7) is 4.82. The second-order valence-electron chi connectivity index (χ2n) is 10.0. The number of carbonyl (C=O) groups is 1. The van der Waals surface area contributed by atoms with Crippen molar-refractivity contribution in [1.29, 1.82) is 0 Å². The van der Waals surface area contributed by atoms with E-state index < -0.39 is 10.9 Å². The third kappa shape index (κ3) is 6.16. The number of anilines is 3. The summed E-state index contributed by atoms with van der Waals surface area (Å²) in [4.78, 5) is 37.3. The second kappa shape index (κ2) is 11.9. The molecule has 2 heterocycles. The van der Waals surface area contributed by atoms with Crippen LogP contribution in [0.15, 0.2) is 48.8 Å². The molecule has 0 atom stereocenters. The lowest BCUT2D eigenvalue weighted by Crippen LogP contribution is -2.28. The van der Waals surface area contributed by atoms with Crippen molar-refractivity contribution in [2.75, 3.05) is 44.4 Å². The molecule has 0 aliphatic heterocycles. The van der Waals surface area contributed by atoms with E-state index >= 15 is 0 Å². The Morgan fingerprint density at radius 1 is 1.20 bits per heavy atom. The zero-order chi connectivity index (χ0) is 29.1. The zero-order valence-electron chi connectivity index (χ0n) is 23.3.